The van der Waals surface area contributed by atoms with Crippen LogP contribution in [0.15, 0.2) is 6.58 Å². The maximum Gasteiger partial charge on any atom is -0.0466 e. The first-order valence-corrected chi connectivity index (χ1v) is 3.62. The molecule has 2 atom stereocenters. The van der Waals surface area contributed by atoms with Gasteiger partial charge in [0.15, 0.2) is 0 Å². The zero-order chi connectivity index (χ0) is 7.44. The molecule has 0 aliphatic rings. The SMILES string of the molecule is C=[C-]C(C)C(C)C(C)C. The van der Waals surface area contributed by atoms with E-state index in [9.17, 15) is 0 Å². The first-order chi connectivity index (χ1) is 4.09. The van der Waals surface area contributed by atoms with Crippen LogP contribution in [0.25, 0.3) is 0 Å². The second-order valence-corrected chi connectivity index (χ2v) is 3.10. The van der Waals surface area contributed by atoms with E-state index in [2.05, 4.69) is 40.3 Å². The number of hydrogen-bond acceptors (Lipinski definition) is 0. The Kier molecular flexibility index (Phi) is 3.60. The van der Waals surface area contributed by atoms with Crippen LogP contribution in [-0.2, 0) is 0 Å². The fourth-order valence-electron chi connectivity index (χ4n) is 0.763. The first-order valence-electron chi connectivity index (χ1n) is 3.62. The molecule has 54 valence electrons. The normalized spacial score (nSPS) is 17.4. The molecule has 0 heteroatoms. The third-order valence-electron chi connectivity index (χ3n) is 2.16. The van der Waals surface area contributed by atoms with Crippen molar-refractivity contribution in [2.75, 3.05) is 0 Å². The minimum atomic E-state index is 0.532. The van der Waals surface area contributed by atoms with Crippen LogP contribution in [0.3, 0.4) is 0 Å². The molecule has 0 saturated heterocycles. The third kappa shape index (κ3) is 2.69. The van der Waals surface area contributed by atoms with Crippen LogP contribution in [0.1, 0.15) is 27.7 Å². The Morgan fingerprint density at radius 3 is 1.67 bits per heavy atom. The zero-order valence-corrected chi connectivity index (χ0v) is 6.94. The lowest BCUT2D eigenvalue weighted by atomic mass is 9.86. The van der Waals surface area contributed by atoms with Gasteiger partial charge in [0.2, 0.25) is 0 Å². The number of hydrogen-bond donors (Lipinski definition) is 0. The molecule has 2 unspecified atom stereocenters. The van der Waals surface area contributed by atoms with Gasteiger partial charge in [-0.05, 0) is 5.92 Å². The van der Waals surface area contributed by atoms with Gasteiger partial charge in [-0.25, -0.2) is 0 Å². The summed E-state index contributed by atoms with van der Waals surface area (Å²) in [5.41, 5.74) is 0. The second kappa shape index (κ2) is 3.71. The minimum Gasteiger partial charge on any atom is -0.501 e. The summed E-state index contributed by atoms with van der Waals surface area (Å²) in [4.78, 5) is 0. The molecule has 0 amide bonds. The molecule has 0 saturated carbocycles. The molecule has 0 bridgehead atoms. The summed E-state index contributed by atoms with van der Waals surface area (Å²) in [5, 5.41) is 0. The summed E-state index contributed by atoms with van der Waals surface area (Å²) in [6.45, 7) is 12.5. The van der Waals surface area contributed by atoms with Crippen LogP contribution in [0.2, 0.25) is 0 Å². The molecule has 0 aliphatic heterocycles. The maximum absolute atomic E-state index is 3.64. The molecule has 0 aliphatic carbocycles. The lowest BCUT2D eigenvalue weighted by Gasteiger charge is -2.28. The molecule has 0 aromatic carbocycles. The monoisotopic (exact) mass is 125 g/mol. The van der Waals surface area contributed by atoms with Gasteiger partial charge >= 0.3 is 0 Å². The fraction of sp³-hybridized carbons (Fsp3) is 0.778. The molecule has 0 spiro atoms. The van der Waals surface area contributed by atoms with Gasteiger partial charge in [0.05, 0.1) is 0 Å². The predicted molar refractivity (Wildman–Crippen MR) is 42.0 cm³/mol. The Morgan fingerprint density at radius 2 is 1.56 bits per heavy atom. The molecule has 0 heterocycles. The van der Waals surface area contributed by atoms with Crippen molar-refractivity contribution in [3.8, 4) is 0 Å². The van der Waals surface area contributed by atoms with Crippen molar-refractivity contribution in [1.82, 2.24) is 0 Å². The van der Waals surface area contributed by atoms with Gasteiger partial charge in [0, 0.05) is 0 Å². The zero-order valence-electron chi connectivity index (χ0n) is 6.94. The Morgan fingerprint density at radius 1 is 1.11 bits per heavy atom. The standard InChI is InChI=1S/C9H17/c1-6-8(4)9(5)7(2)3/h7-9H,1H2,2-5H3/q-1. The van der Waals surface area contributed by atoms with E-state index in [1.54, 1.807) is 0 Å². The number of rotatable bonds is 3. The Balaban J connectivity index is 3.71. The van der Waals surface area contributed by atoms with Crippen LogP contribution < -0.4 is 0 Å². The topological polar surface area (TPSA) is 0 Å². The molecule has 0 aromatic rings. The predicted octanol–water partition coefficient (Wildman–Crippen LogP) is 2.90. The van der Waals surface area contributed by atoms with Crippen LogP contribution >= 0.6 is 0 Å². The minimum absolute atomic E-state index is 0.532. The van der Waals surface area contributed by atoms with Crippen molar-refractivity contribution in [3.63, 3.8) is 0 Å². The van der Waals surface area contributed by atoms with Crippen LogP contribution in [-0.4, -0.2) is 0 Å². The van der Waals surface area contributed by atoms with Crippen LogP contribution in [0.4, 0.5) is 0 Å². The summed E-state index contributed by atoms with van der Waals surface area (Å²) < 4.78 is 0. The molecular formula is C9H17-. The molecule has 0 radical (unpaired) electrons. The molecule has 0 rings (SSSR count). The summed E-state index contributed by atoms with van der Waals surface area (Å²) in [7, 11) is 0. The van der Waals surface area contributed by atoms with E-state index in [0.717, 1.165) is 5.92 Å². The van der Waals surface area contributed by atoms with E-state index in [1.807, 2.05) is 0 Å². The van der Waals surface area contributed by atoms with E-state index < -0.39 is 0 Å². The van der Waals surface area contributed by atoms with Gasteiger partial charge in [-0.2, -0.15) is 5.92 Å². The summed E-state index contributed by atoms with van der Waals surface area (Å²) >= 11 is 0. The highest BCUT2D eigenvalue weighted by Gasteiger charge is 2.05. The van der Waals surface area contributed by atoms with Gasteiger partial charge in [-0.3, -0.25) is 6.58 Å². The van der Waals surface area contributed by atoms with Crippen molar-refractivity contribution in [2.45, 2.75) is 27.7 Å². The summed E-state index contributed by atoms with van der Waals surface area (Å²) in [5.74, 6) is 1.99. The number of allylic oxidation sites excluding steroid dienone is 1. The smallest absolute Gasteiger partial charge is 0.0466 e. The lowest BCUT2D eigenvalue weighted by molar-refractivity contribution is 0.336. The van der Waals surface area contributed by atoms with Crippen LogP contribution in [0, 0.1) is 23.8 Å². The molecule has 0 fully saturated rings. The highest BCUT2D eigenvalue weighted by molar-refractivity contribution is 4.73. The lowest BCUT2D eigenvalue weighted by Crippen LogP contribution is -2.11. The molecule has 0 aromatic heterocycles. The van der Waals surface area contributed by atoms with Crippen molar-refractivity contribution in [2.24, 2.45) is 17.8 Å². The van der Waals surface area contributed by atoms with Gasteiger partial charge in [0.1, 0.15) is 0 Å². The first kappa shape index (κ1) is 8.74. The Bertz CT molecular complexity index is 82.0. The molecule has 9 heavy (non-hydrogen) atoms. The van der Waals surface area contributed by atoms with Crippen molar-refractivity contribution in [3.05, 3.63) is 12.7 Å². The highest BCUT2D eigenvalue weighted by Crippen LogP contribution is 2.19. The third-order valence-corrected chi connectivity index (χ3v) is 2.16. The molecule has 0 nitrogen and oxygen atoms in total. The molecule has 0 N–H and O–H groups in total. The molecular weight excluding hydrogens is 108 g/mol. The van der Waals surface area contributed by atoms with Gasteiger partial charge in [-0.15, -0.1) is 0 Å². The van der Waals surface area contributed by atoms with Crippen molar-refractivity contribution >= 4 is 0 Å². The van der Waals surface area contributed by atoms with Crippen molar-refractivity contribution < 1.29 is 0 Å². The Hall–Kier alpha value is -0.260. The fourth-order valence-corrected chi connectivity index (χ4v) is 0.763. The quantitative estimate of drug-likeness (QED) is 0.509. The van der Waals surface area contributed by atoms with Gasteiger partial charge in [-0.1, -0.05) is 33.6 Å². The van der Waals surface area contributed by atoms with Crippen LogP contribution in [0.5, 0.6) is 0 Å². The van der Waals surface area contributed by atoms with Gasteiger partial charge in [0.25, 0.3) is 0 Å². The van der Waals surface area contributed by atoms with E-state index in [1.165, 1.54) is 0 Å². The largest absolute Gasteiger partial charge is 0.501 e. The maximum atomic E-state index is 3.64. The summed E-state index contributed by atoms with van der Waals surface area (Å²) in [6.07, 6.45) is 3.00. The Labute approximate surface area is 59.0 Å². The van der Waals surface area contributed by atoms with E-state index in [4.69, 9.17) is 0 Å². The summed E-state index contributed by atoms with van der Waals surface area (Å²) in [6, 6.07) is 0. The highest BCUT2D eigenvalue weighted by atomic mass is 14.2. The van der Waals surface area contributed by atoms with E-state index in [0.29, 0.717) is 11.8 Å². The van der Waals surface area contributed by atoms with E-state index in [-0.39, 0.29) is 0 Å². The average molecular weight is 125 g/mol. The van der Waals surface area contributed by atoms with E-state index >= 15 is 0 Å². The second-order valence-electron chi connectivity index (χ2n) is 3.10. The average Bonchev–Trinajstić information content (AvgIpc) is 1.84. The van der Waals surface area contributed by atoms with Crippen molar-refractivity contribution in [1.29, 1.82) is 0 Å². The van der Waals surface area contributed by atoms with Gasteiger partial charge < -0.3 is 6.08 Å².